The van der Waals surface area contributed by atoms with Crippen LogP contribution in [-0.2, 0) is 13.5 Å². The Hall–Kier alpha value is -0.830. The van der Waals surface area contributed by atoms with Crippen LogP contribution in [0.5, 0.6) is 0 Å². The summed E-state index contributed by atoms with van der Waals surface area (Å²) in [5.41, 5.74) is 0.413. The van der Waals surface area contributed by atoms with Gasteiger partial charge in [-0.3, -0.25) is 0 Å². The first-order chi connectivity index (χ1) is 8.53. The predicted octanol–water partition coefficient (Wildman–Crippen LogP) is 3.16. The lowest BCUT2D eigenvalue weighted by atomic mass is 9.78. The first kappa shape index (κ1) is 15.2. The molecule has 0 aliphatic heterocycles. The van der Waals surface area contributed by atoms with Gasteiger partial charge in [0.2, 0.25) is 0 Å². The summed E-state index contributed by atoms with van der Waals surface area (Å²) in [6, 6.07) is 0.565. The molecule has 0 bridgehead atoms. The van der Waals surface area contributed by atoms with Crippen molar-refractivity contribution in [3.63, 3.8) is 0 Å². The minimum absolute atomic E-state index is 0.413. The summed E-state index contributed by atoms with van der Waals surface area (Å²) >= 11 is 0. The van der Waals surface area contributed by atoms with Crippen molar-refractivity contribution in [3.05, 3.63) is 18.2 Å². The van der Waals surface area contributed by atoms with Crippen LogP contribution in [0, 0.1) is 5.41 Å². The van der Waals surface area contributed by atoms with Crippen molar-refractivity contribution in [3.8, 4) is 0 Å². The molecule has 104 valence electrons. The van der Waals surface area contributed by atoms with E-state index in [2.05, 4.69) is 49.6 Å². The molecule has 1 heterocycles. The maximum atomic E-state index is 4.43. The van der Waals surface area contributed by atoms with E-state index < -0.39 is 0 Å². The Morgan fingerprint density at radius 2 is 2.00 bits per heavy atom. The van der Waals surface area contributed by atoms with Crippen LogP contribution in [0.15, 0.2) is 12.4 Å². The highest BCUT2D eigenvalue weighted by atomic mass is 15.0. The van der Waals surface area contributed by atoms with Gasteiger partial charge in [0, 0.05) is 38.4 Å². The SMILES string of the molecule is CCC(CC)(CCc1nccn1C)CNC(C)C. The molecule has 0 amide bonds. The molecule has 0 unspecified atom stereocenters. The van der Waals surface area contributed by atoms with Crippen molar-refractivity contribution in [1.29, 1.82) is 0 Å². The van der Waals surface area contributed by atoms with Crippen LogP contribution in [-0.4, -0.2) is 22.1 Å². The third-order valence-corrected chi connectivity index (χ3v) is 4.19. The highest BCUT2D eigenvalue weighted by Crippen LogP contribution is 2.31. The van der Waals surface area contributed by atoms with E-state index in [4.69, 9.17) is 0 Å². The van der Waals surface area contributed by atoms with Gasteiger partial charge in [0.15, 0.2) is 0 Å². The van der Waals surface area contributed by atoms with Gasteiger partial charge in [0.25, 0.3) is 0 Å². The van der Waals surface area contributed by atoms with Gasteiger partial charge in [-0.25, -0.2) is 4.98 Å². The first-order valence-electron chi connectivity index (χ1n) is 7.22. The van der Waals surface area contributed by atoms with E-state index in [0.29, 0.717) is 11.5 Å². The molecule has 1 rings (SSSR count). The summed E-state index contributed by atoms with van der Waals surface area (Å²) in [6.07, 6.45) is 8.67. The Balaban J connectivity index is 2.59. The molecule has 0 fully saturated rings. The number of nitrogens with one attached hydrogen (secondary N) is 1. The van der Waals surface area contributed by atoms with E-state index in [1.165, 1.54) is 25.1 Å². The lowest BCUT2D eigenvalue weighted by molar-refractivity contribution is 0.220. The number of hydrogen-bond donors (Lipinski definition) is 1. The molecule has 0 aliphatic rings. The minimum atomic E-state index is 0.413. The number of aryl methyl sites for hydroxylation is 2. The highest BCUT2D eigenvalue weighted by molar-refractivity contribution is 4.93. The van der Waals surface area contributed by atoms with Gasteiger partial charge >= 0.3 is 0 Å². The van der Waals surface area contributed by atoms with Gasteiger partial charge in [0.1, 0.15) is 5.82 Å². The number of hydrogen-bond acceptors (Lipinski definition) is 2. The molecule has 0 radical (unpaired) electrons. The summed E-state index contributed by atoms with van der Waals surface area (Å²) in [4.78, 5) is 4.43. The van der Waals surface area contributed by atoms with E-state index >= 15 is 0 Å². The number of imidazole rings is 1. The molecular formula is C15H29N3. The van der Waals surface area contributed by atoms with Crippen molar-refractivity contribution in [1.82, 2.24) is 14.9 Å². The lowest BCUT2D eigenvalue weighted by Crippen LogP contribution is -2.37. The molecule has 0 saturated heterocycles. The van der Waals surface area contributed by atoms with Crippen LogP contribution < -0.4 is 5.32 Å². The fourth-order valence-electron chi connectivity index (χ4n) is 2.38. The van der Waals surface area contributed by atoms with Crippen molar-refractivity contribution in [2.45, 2.75) is 59.4 Å². The molecule has 1 N–H and O–H groups in total. The predicted molar refractivity (Wildman–Crippen MR) is 77.7 cm³/mol. The van der Waals surface area contributed by atoms with Crippen molar-refractivity contribution < 1.29 is 0 Å². The van der Waals surface area contributed by atoms with E-state index in [1.807, 2.05) is 12.4 Å². The third-order valence-electron chi connectivity index (χ3n) is 4.19. The highest BCUT2D eigenvalue weighted by Gasteiger charge is 2.26. The Kier molecular flexibility index (Phi) is 5.86. The molecular weight excluding hydrogens is 222 g/mol. The molecule has 18 heavy (non-hydrogen) atoms. The molecule has 3 heteroatoms. The Labute approximate surface area is 112 Å². The zero-order valence-electron chi connectivity index (χ0n) is 12.7. The average Bonchev–Trinajstić information content (AvgIpc) is 2.76. The zero-order valence-corrected chi connectivity index (χ0v) is 12.7. The largest absolute Gasteiger partial charge is 0.338 e. The fraction of sp³-hybridized carbons (Fsp3) is 0.800. The van der Waals surface area contributed by atoms with E-state index in [-0.39, 0.29) is 0 Å². The van der Waals surface area contributed by atoms with Gasteiger partial charge in [0.05, 0.1) is 0 Å². The minimum Gasteiger partial charge on any atom is -0.338 e. The second-order valence-electron chi connectivity index (χ2n) is 5.70. The number of rotatable bonds is 8. The monoisotopic (exact) mass is 251 g/mol. The topological polar surface area (TPSA) is 29.9 Å². The lowest BCUT2D eigenvalue weighted by Gasteiger charge is -2.33. The van der Waals surface area contributed by atoms with Crippen LogP contribution in [0.1, 0.15) is 52.8 Å². The van der Waals surface area contributed by atoms with E-state index in [0.717, 1.165) is 13.0 Å². The number of nitrogens with zero attached hydrogens (tertiary/aromatic N) is 2. The summed E-state index contributed by atoms with van der Waals surface area (Å²) < 4.78 is 2.13. The Bertz CT molecular complexity index is 337. The van der Waals surface area contributed by atoms with Gasteiger partial charge in [-0.2, -0.15) is 0 Å². The van der Waals surface area contributed by atoms with Crippen LogP contribution in [0.25, 0.3) is 0 Å². The second kappa shape index (κ2) is 6.93. The van der Waals surface area contributed by atoms with Crippen LogP contribution >= 0.6 is 0 Å². The molecule has 1 aromatic heterocycles. The smallest absolute Gasteiger partial charge is 0.108 e. The van der Waals surface area contributed by atoms with E-state index in [1.54, 1.807) is 0 Å². The second-order valence-corrected chi connectivity index (χ2v) is 5.70. The van der Waals surface area contributed by atoms with Crippen LogP contribution in [0.4, 0.5) is 0 Å². The van der Waals surface area contributed by atoms with Crippen LogP contribution in [0.2, 0.25) is 0 Å². The number of aromatic nitrogens is 2. The Morgan fingerprint density at radius 3 is 2.44 bits per heavy atom. The summed E-state index contributed by atoms with van der Waals surface area (Å²) in [6.45, 7) is 10.2. The first-order valence-corrected chi connectivity index (χ1v) is 7.22. The van der Waals surface area contributed by atoms with Crippen LogP contribution in [0.3, 0.4) is 0 Å². The van der Waals surface area contributed by atoms with Gasteiger partial charge in [-0.1, -0.05) is 27.7 Å². The quantitative estimate of drug-likeness (QED) is 0.769. The van der Waals surface area contributed by atoms with Gasteiger partial charge in [-0.05, 0) is 24.7 Å². The van der Waals surface area contributed by atoms with Crippen molar-refractivity contribution in [2.75, 3.05) is 6.54 Å². The van der Waals surface area contributed by atoms with Crippen molar-refractivity contribution in [2.24, 2.45) is 12.5 Å². The van der Waals surface area contributed by atoms with Crippen molar-refractivity contribution >= 4 is 0 Å². The molecule has 0 atom stereocenters. The average molecular weight is 251 g/mol. The molecule has 0 spiro atoms. The maximum absolute atomic E-state index is 4.43. The van der Waals surface area contributed by atoms with E-state index in [9.17, 15) is 0 Å². The zero-order chi connectivity index (χ0) is 13.6. The van der Waals surface area contributed by atoms with Gasteiger partial charge in [-0.15, -0.1) is 0 Å². The summed E-state index contributed by atoms with van der Waals surface area (Å²) in [7, 11) is 2.08. The summed E-state index contributed by atoms with van der Waals surface area (Å²) in [5, 5.41) is 3.61. The summed E-state index contributed by atoms with van der Waals surface area (Å²) in [5.74, 6) is 1.20. The molecule has 0 aliphatic carbocycles. The molecule has 0 saturated carbocycles. The molecule has 0 aromatic carbocycles. The molecule has 1 aromatic rings. The molecule has 3 nitrogen and oxygen atoms in total. The standard InChI is InChI=1S/C15H29N3/c1-6-15(7-2,12-17-13(3)4)9-8-14-16-10-11-18(14)5/h10-11,13,17H,6-9,12H2,1-5H3. The Morgan fingerprint density at radius 1 is 1.33 bits per heavy atom. The third kappa shape index (κ3) is 4.13. The fourth-order valence-corrected chi connectivity index (χ4v) is 2.38. The van der Waals surface area contributed by atoms with Gasteiger partial charge < -0.3 is 9.88 Å². The maximum Gasteiger partial charge on any atom is 0.108 e. The normalized spacial score (nSPS) is 12.3.